The molecule has 1 aromatic heterocycles. The van der Waals surface area contributed by atoms with Crippen LogP contribution in [0.2, 0.25) is 0 Å². The highest BCUT2D eigenvalue weighted by atomic mass is 19.4. The van der Waals surface area contributed by atoms with Crippen LogP contribution in [0.5, 0.6) is 0 Å². The topological polar surface area (TPSA) is 85.8 Å². The third-order valence-corrected chi connectivity index (χ3v) is 2.83. The summed E-state index contributed by atoms with van der Waals surface area (Å²) >= 11 is 0. The van der Waals surface area contributed by atoms with Crippen molar-refractivity contribution in [3.63, 3.8) is 0 Å². The molecule has 0 aliphatic carbocycles. The van der Waals surface area contributed by atoms with Crippen molar-refractivity contribution in [3.8, 4) is 0 Å². The Morgan fingerprint density at radius 3 is 1.96 bits per heavy atom. The summed E-state index contributed by atoms with van der Waals surface area (Å²) in [7, 11) is 1.19. The Kier molecular flexibility index (Phi) is 4.16. The Morgan fingerprint density at radius 2 is 1.54 bits per heavy atom. The molecule has 0 radical (unpaired) electrons. The molecule has 0 spiro atoms. The Balaban J connectivity index is 2.52. The molecule has 0 aliphatic rings. The van der Waals surface area contributed by atoms with Gasteiger partial charge in [-0.3, -0.25) is 4.79 Å². The molecule has 1 aromatic carbocycles. The van der Waals surface area contributed by atoms with Crippen molar-refractivity contribution in [2.45, 2.75) is 12.4 Å². The standard InChI is InChI=1S/C12H9F6N5O/c1-23-9(24)8(19)21-10(22-23)20-7-3-5(11(13,14)15)2-6(4-7)12(16,17)18/h2-4H,1H3,(H3,19,20,21,22). The van der Waals surface area contributed by atoms with E-state index in [0.29, 0.717) is 12.1 Å². The van der Waals surface area contributed by atoms with E-state index in [1.54, 1.807) is 0 Å². The maximum Gasteiger partial charge on any atom is 0.416 e. The van der Waals surface area contributed by atoms with E-state index in [1.807, 2.05) is 0 Å². The molecule has 0 atom stereocenters. The summed E-state index contributed by atoms with van der Waals surface area (Å²) in [6.45, 7) is 0. The van der Waals surface area contributed by atoms with Crippen molar-refractivity contribution in [1.29, 1.82) is 0 Å². The van der Waals surface area contributed by atoms with Gasteiger partial charge in [0.2, 0.25) is 5.95 Å². The maximum atomic E-state index is 12.8. The largest absolute Gasteiger partial charge is 0.416 e. The van der Waals surface area contributed by atoms with E-state index in [4.69, 9.17) is 5.73 Å². The van der Waals surface area contributed by atoms with E-state index in [-0.39, 0.29) is 6.07 Å². The van der Waals surface area contributed by atoms with Gasteiger partial charge in [0.25, 0.3) is 0 Å². The lowest BCUT2D eigenvalue weighted by molar-refractivity contribution is -0.143. The van der Waals surface area contributed by atoms with Crippen molar-refractivity contribution in [3.05, 3.63) is 39.7 Å². The van der Waals surface area contributed by atoms with Gasteiger partial charge in [-0.05, 0) is 18.2 Å². The first-order valence-electron chi connectivity index (χ1n) is 6.15. The van der Waals surface area contributed by atoms with Gasteiger partial charge in [0, 0.05) is 12.7 Å². The second-order valence-electron chi connectivity index (χ2n) is 4.67. The van der Waals surface area contributed by atoms with Crippen molar-refractivity contribution < 1.29 is 26.3 Å². The summed E-state index contributed by atoms with van der Waals surface area (Å²) in [6.07, 6.45) is -9.97. The lowest BCUT2D eigenvalue weighted by Gasteiger charge is -2.15. The Labute approximate surface area is 129 Å². The molecular weight excluding hydrogens is 344 g/mol. The third-order valence-electron chi connectivity index (χ3n) is 2.83. The SMILES string of the molecule is Cn1nc(Nc2cc(C(F)(F)F)cc(C(F)(F)F)c2)nc(N)c1=O. The number of rotatable bonds is 2. The first kappa shape index (κ1) is 17.6. The maximum absolute atomic E-state index is 12.8. The molecule has 0 fully saturated rings. The third kappa shape index (κ3) is 3.75. The summed E-state index contributed by atoms with van der Waals surface area (Å²) in [5.74, 6) is -0.944. The molecule has 130 valence electrons. The average Bonchev–Trinajstić information content (AvgIpc) is 2.42. The van der Waals surface area contributed by atoms with Crippen LogP contribution in [0, 0.1) is 0 Å². The second-order valence-corrected chi connectivity index (χ2v) is 4.67. The van der Waals surface area contributed by atoms with Gasteiger partial charge in [-0.15, -0.1) is 5.10 Å². The highest BCUT2D eigenvalue weighted by Crippen LogP contribution is 2.37. The van der Waals surface area contributed by atoms with E-state index in [2.05, 4.69) is 15.4 Å². The van der Waals surface area contributed by atoms with E-state index in [0.717, 1.165) is 4.68 Å². The summed E-state index contributed by atoms with van der Waals surface area (Å²) in [4.78, 5) is 14.8. The van der Waals surface area contributed by atoms with Crippen LogP contribution in [0.1, 0.15) is 11.1 Å². The molecule has 0 bridgehead atoms. The van der Waals surface area contributed by atoms with Gasteiger partial charge in [-0.1, -0.05) is 0 Å². The second kappa shape index (κ2) is 5.69. The zero-order valence-corrected chi connectivity index (χ0v) is 11.8. The molecule has 1 heterocycles. The Hall–Kier alpha value is -2.79. The van der Waals surface area contributed by atoms with Gasteiger partial charge in [0.1, 0.15) is 0 Å². The van der Waals surface area contributed by atoms with Gasteiger partial charge in [-0.25, -0.2) is 4.68 Å². The molecule has 2 rings (SSSR count). The minimum atomic E-state index is -4.99. The number of nitrogens with zero attached hydrogens (tertiary/aromatic N) is 3. The fourth-order valence-corrected chi connectivity index (χ4v) is 1.75. The van der Waals surface area contributed by atoms with Crippen LogP contribution in [-0.2, 0) is 19.4 Å². The number of halogens is 6. The number of nitrogen functional groups attached to an aromatic ring is 1. The number of alkyl halides is 6. The molecule has 12 heteroatoms. The van der Waals surface area contributed by atoms with Crippen LogP contribution >= 0.6 is 0 Å². The molecule has 2 aromatic rings. The van der Waals surface area contributed by atoms with Gasteiger partial charge >= 0.3 is 17.9 Å². The smallest absolute Gasteiger partial charge is 0.379 e. The highest BCUT2D eigenvalue weighted by molar-refractivity contribution is 5.57. The predicted molar refractivity (Wildman–Crippen MR) is 71.4 cm³/mol. The van der Waals surface area contributed by atoms with Crippen molar-refractivity contribution in [2.24, 2.45) is 7.05 Å². The lowest BCUT2D eigenvalue weighted by Crippen LogP contribution is -2.25. The predicted octanol–water partition coefficient (Wildman–Crippen LogP) is 2.54. The van der Waals surface area contributed by atoms with Crippen LogP contribution in [-0.4, -0.2) is 14.8 Å². The monoisotopic (exact) mass is 353 g/mol. The molecule has 3 N–H and O–H groups in total. The number of nitrogens with two attached hydrogens (primary N) is 1. The minimum Gasteiger partial charge on any atom is -0.379 e. The number of hydrogen-bond acceptors (Lipinski definition) is 5. The Morgan fingerprint density at radius 1 is 1.04 bits per heavy atom. The first-order valence-corrected chi connectivity index (χ1v) is 6.15. The Bertz CT molecular complexity index is 768. The van der Waals surface area contributed by atoms with Gasteiger partial charge < -0.3 is 11.1 Å². The molecular formula is C12H9F6N5O. The molecule has 0 unspecified atom stereocenters. The number of aryl methyl sites for hydroxylation is 1. The number of hydrogen-bond donors (Lipinski definition) is 2. The molecule has 0 saturated carbocycles. The highest BCUT2D eigenvalue weighted by Gasteiger charge is 2.37. The van der Waals surface area contributed by atoms with Crippen LogP contribution < -0.4 is 16.6 Å². The van der Waals surface area contributed by atoms with Crippen LogP contribution in [0.15, 0.2) is 23.0 Å². The zero-order chi connectivity index (χ0) is 18.3. The zero-order valence-electron chi connectivity index (χ0n) is 11.8. The first-order chi connectivity index (χ1) is 10.9. The molecule has 0 amide bonds. The van der Waals surface area contributed by atoms with Gasteiger partial charge in [0.05, 0.1) is 11.1 Å². The fraction of sp³-hybridized carbons (Fsp3) is 0.250. The number of nitrogens with one attached hydrogen (secondary N) is 1. The number of anilines is 3. The normalized spacial score (nSPS) is 12.3. The summed E-state index contributed by atoms with van der Waals surface area (Å²) in [6, 6.07) is 0.904. The van der Waals surface area contributed by atoms with Crippen molar-refractivity contribution >= 4 is 17.5 Å². The molecule has 0 aliphatic heterocycles. The summed E-state index contributed by atoms with van der Waals surface area (Å²) < 4.78 is 77.3. The minimum absolute atomic E-state index is 0.0128. The summed E-state index contributed by atoms with van der Waals surface area (Å²) in [5.41, 5.74) is 0.961. The number of benzene rings is 1. The van der Waals surface area contributed by atoms with Gasteiger partial charge in [-0.2, -0.15) is 31.3 Å². The number of aromatic nitrogens is 3. The van der Waals surface area contributed by atoms with E-state index < -0.39 is 46.5 Å². The molecule has 24 heavy (non-hydrogen) atoms. The van der Waals surface area contributed by atoms with Crippen LogP contribution in [0.4, 0.5) is 43.8 Å². The summed E-state index contributed by atoms with van der Waals surface area (Å²) in [5, 5.41) is 5.73. The van der Waals surface area contributed by atoms with Crippen molar-refractivity contribution in [1.82, 2.24) is 14.8 Å². The molecule has 0 saturated heterocycles. The van der Waals surface area contributed by atoms with Crippen LogP contribution in [0.25, 0.3) is 0 Å². The quantitative estimate of drug-likeness (QED) is 0.811. The average molecular weight is 353 g/mol. The fourth-order valence-electron chi connectivity index (χ4n) is 1.75. The van der Waals surface area contributed by atoms with Crippen LogP contribution in [0.3, 0.4) is 0 Å². The van der Waals surface area contributed by atoms with Crippen molar-refractivity contribution in [2.75, 3.05) is 11.1 Å². The van der Waals surface area contributed by atoms with E-state index in [9.17, 15) is 31.1 Å². The van der Waals surface area contributed by atoms with E-state index in [1.165, 1.54) is 7.05 Å². The van der Waals surface area contributed by atoms with Gasteiger partial charge in [0.15, 0.2) is 5.82 Å². The van der Waals surface area contributed by atoms with E-state index >= 15 is 0 Å². The lowest BCUT2D eigenvalue weighted by atomic mass is 10.1. The molecule has 6 nitrogen and oxygen atoms in total.